The minimum absolute atomic E-state index is 0.0289. The Labute approximate surface area is 368 Å². The zero-order valence-corrected chi connectivity index (χ0v) is 38.0. The topological polar surface area (TPSA) is 170 Å². The third kappa shape index (κ3) is 11.1. The van der Waals surface area contributed by atoms with Crippen LogP contribution in [0.3, 0.4) is 0 Å². The number of methoxy groups -OCH3 is 1. The van der Waals surface area contributed by atoms with Crippen LogP contribution in [0.1, 0.15) is 104 Å². The number of hydrogen-bond acceptors (Lipinski definition) is 12. The number of imide groups is 1. The number of esters is 1. The quantitative estimate of drug-likeness (QED) is 0.138. The lowest BCUT2D eigenvalue weighted by Gasteiger charge is -2.59. The Kier molecular flexibility index (Phi) is 14.9. The molecule has 3 saturated heterocycles. The molecule has 1 unspecified atom stereocenters. The Bertz CT molecular complexity index is 1890. The highest BCUT2D eigenvalue weighted by Gasteiger charge is 2.62. The van der Waals surface area contributed by atoms with Crippen molar-refractivity contribution in [2.24, 2.45) is 11.8 Å². The van der Waals surface area contributed by atoms with Crippen molar-refractivity contribution in [2.45, 2.75) is 146 Å². The van der Waals surface area contributed by atoms with Gasteiger partial charge in [-0.2, -0.15) is 0 Å². The van der Waals surface area contributed by atoms with E-state index in [9.17, 15) is 29.1 Å². The van der Waals surface area contributed by atoms with Crippen LogP contribution in [0.5, 0.6) is 5.75 Å². The van der Waals surface area contributed by atoms with Gasteiger partial charge in [0.15, 0.2) is 6.10 Å². The number of ether oxygens (including phenoxy) is 5. The van der Waals surface area contributed by atoms with E-state index in [2.05, 4.69) is 12.2 Å². The van der Waals surface area contributed by atoms with E-state index in [4.69, 9.17) is 35.3 Å². The summed E-state index contributed by atoms with van der Waals surface area (Å²) in [7, 11) is 3.09. The summed E-state index contributed by atoms with van der Waals surface area (Å²) in [6.45, 7) is 9.98. The summed E-state index contributed by atoms with van der Waals surface area (Å²) in [5, 5.41) is 13.8. The number of thioether (sulfide) groups is 1. The Hall–Kier alpha value is -3.63. The molecule has 6 aliphatic rings. The van der Waals surface area contributed by atoms with Crippen molar-refractivity contribution in [3.63, 3.8) is 0 Å². The van der Waals surface area contributed by atoms with E-state index in [-0.39, 0.29) is 55.5 Å². The average Bonchev–Trinajstić information content (AvgIpc) is 3.46. The first kappa shape index (κ1) is 46.9. The summed E-state index contributed by atoms with van der Waals surface area (Å²) in [4.78, 5) is 69.4. The maximum Gasteiger partial charge on any atom is 0.409 e. The van der Waals surface area contributed by atoms with E-state index in [1.807, 2.05) is 31.2 Å². The number of hydrogen-bond donors (Lipinski definition) is 2. The van der Waals surface area contributed by atoms with Crippen LogP contribution in [0.4, 0.5) is 10.5 Å². The molecular weight excluding hydrogens is 826 g/mol. The predicted octanol–water partition coefficient (Wildman–Crippen LogP) is 6.67. The van der Waals surface area contributed by atoms with Crippen molar-refractivity contribution < 1.29 is 52.8 Å². The molecule has 7 atom stereocenters. The molecule has 0 aromatic heterocycles. The normalized spacial score (nSPS) is 34.1. The van der Waals surface area contributed by atoms with Crippen molar-refractivity contribution in [1.29, 1.82) is 0 Å². The Balaban J connectivity index is 1.12. The van der Waals surface area contributed by atoms with Gasteiger partial charge in [-0.1, -0.05) is 55.2 Å². The maximum absolute atomic E-state index is 14.2. The summed E-state index contributed by atoms with van der Waals surface area (Å²) in [5.41, 5.74) is -1.66. The summed E-state index contributed by atoms with van der Waals surface area (Å²) in [6, 6.07) is 3.63. The van der Waals surface area contributed by atoms with Crippen LogP contribution in [0.15, 0.2) is 35.9 Å². The van der Waals surface area contributed by atoms with E-state index in [1.165, 1.54) is 28.7 Å². The van der Waals surface area contributed by atoms with Crippen LogP contribution in [0.2, 0.25) is 5.02 Å². The summed E-state index contributed by atoms with van der Waals surface area (Å²) in [5.74, 6) is 0.688. The third-order valence-electron chi connectivity index (χ3n) is 12.8. The number of aliphatic hydroxyl groups is 1. The number of allylic oxidation sites excluding steroid dienone is 3. The zero-order chi connectivity index (χ0) is 44.3. The fraction of sp³-hybridized carbons (Fsp3) is 0.667. The first-order chi connectivity index (χ1) is 28.8. The van der Waals surface area contributed by atoms with Gasteiger partial charge in [-0.15, -0.1) is 11.8 Å². The Morgan fingerprint density at radius 3 is 2.52 bits per heavy atom. The second kappa shape index (κ2) is 19.4. The minimum atomic E-state index is -1.61. The van der Waals surface area contributed by atoms with Gasteiger partial charge in [0.05, 0.1) is 24.5 Å². The van der Waals surface area contributed by atoms with E-state index in [1.54, 1.807) is 33.9 Å². The maximum atomic E-state index is 14.2. The van der Waals surface area contributed by atoms with Crippen LogP contribution in [-0.2, 0) is 44.5 Å². The largest absolute Gasteiger partial charge is 0.495 e. The number of amides is 4. The van der Waals surface area contributed by atoms with E-state index in [0.29, 0.717) is 48.4 Å². The van der Waals surface area contributed by atoms with Crippen LogP contribution in [0, 0.1) is 11.8 Å². The fourth-order valence-electron chi connectivity index (χ4n) is 9.22. The van der Waals surface area contributed by atoms with Crippen LogP contribution in [0.25, 0.3) is 0 Å². The summed E-state index contributed by atoms with van der Waals surface area (Å²) < 4.78 is 29.8. The molecule has 61 heavy (non-hydrogen) atoms. The van der Waals surface area contributed by atoms with Gasteiger partial charge < -0.3 is 33.7 Å². The number of benzene rings is 1. The van der Waals surface area contributed by atoms with E-state index >= 15 is 0 Å². The van der Waals surface area contributed by atoms with Crippen LogP contribution < -0.4 is 15.0 Å². The molecule has 2 N–H and O–H groups in total. The van der Waals surface area contributed by atoms with Gasteiger partial charge in [-0.3, -0.25) is 24.6 Å². The number of nitrogens with one attached hydrogen (secondary N) is 1. The van der Waals surface area contributed by atoms with Gasteiger partial charge >= 0.3 is 12.1 Å². The first-order valence-corrected chi connectivity index (χ1v) is 22.9. The number of nitrogens with zero attached hydrogens (tertiary/aromatic N) is 2. The molecule has 4 amide bonds. The lowest BCUT2D eigenvalue weighted by Crippen LogP contribution is -2.71. The zero-order valence-electron chi connectivity index (χ0n) is 36.5. The van der Waals surface area contributed by atoms with Crippen molar-refractivity contribution in [2.75, 3.05) is 38.0 Å². The average molecular weight is 889 g/mol. The molecule has 4 fully saturated rings. The Morgan fingerprint density at radius 1 is 1.10 bits per heavy atom. The highest BCUT2D eigenvalue weighted by molar-refractivity contribution is 8.00. The number of rotatable bonds is 11. The molecule has 336 valence electrons. The highest BCUT2D eigenvalue weighted by Crippen LogP contribution is 2.50. The number of anilines is 1. The molecule has 0 spiro atoms. The predicted molar refractivity (Wildman–Crippen MR) is 231 cm³/mol. The highest BCUT2D eigenvalue weighted by atomic mass is 35.5. The molecule has 5 aliphatic heterocycles. The molecule has 14 nitrogen and oxygen atoms in total. The van der Waals surface area contributed by atoms with Crippen molar-refractivity contribution in [1.82, 2.24) is 10.2 Å². The molecule has 0 radical (unpaired) electrons. The standard InChI is InChI=1S/C45H62ClN3O11S/c1-27-12-14-30(15-13-27)25-49-38(51)22-34(40(49)52)61-18-10-17-57-29(3)41(53)58-35-23-37(50)48(6)32-20-31(21-33(56-7)39(32)46)19-28(2)11-8-9-16-45(55)24-36(59-42(54)47-45)44(5)26-43(35,4)60-44/h8-9,11,20-21,27,29-30,34-36,55H,10,12-19,22-26H2,1-7H3,(H,47,54)/b9-8+,28-11+/t27?,29-,30?,34?,35+,36+,43-,44+,45-/m1/s1. The number of carbonyl (C=O) groups is 5. The van der Waals surface area contributed by atoms with Crippen molar-refractivity contribution >= 4 is 58.8 Å². The molecule has 16 heteroatoms. The van der Waals surface area contributed by atoms with Crippen molar-refractivity contribution in [3.05, 3.63) is 46.5 Å². The van der Waals surface area contributed by atoms with Gasteiger partial charge in [-0.25, -0.2) is 9.59 Å². The number of fused-ring (bicyclic) bond motifs is 6. The monoisotopic (exact) mass is 887 g/mol. The molecule has 1 aromatic carbocycles. The molecule has 6 bridgehead atoms. The first-order valence-electron chi connectivity index (χ1n) is 21.5. The Morgan fingerprint density at radius 2 is 1.82 bits per heavy atom. The molecule has 1 aliphatic carbocycles. The molecular formula is C45H62ClN3O11S. The van der Waals surface area contributed by atoms with Gasteiger partial charge in [0, 0.05) is 45.9 Å². The SMILES string of the molecule is COc1cc2cc(c1Cl)N(C)C(=O)C[C@H](OC(=O)[C@@H](C)OCCCSC1CC(=O)N(CC3CCC(C)CC3)C1=O)[C@@]1(C)C[C@](C)(O1)[C@@H]1C[C@](O)(C/C=C/C=C(\C)C2)NC(=O)O1. The number of halogens is 1. The fourth-order valence-corrected chi connectivity index (χ4v) is 10.6. The number of carbonyl (C=O) groups excluding carboxylic acids is 5. The lowest BCUT2D eigenvalue weighted by molar-refractivity contribution is -0.327. The molecule has 5 heterocycles. The second-order valence-corrected chi connectivity index (χ2v) is 19.8. The van der Waals surface area contributed by atoms with Gasteiger partial charge in [-0.05, 0) is 88.7 Å². The van der Waals surface area contributed by atoms with Crippen LogP contribution in [-0.4, -0.2) is 113 Å². The number of alkyl carbamates (subject to hydrolysis) is 1. The molecule has 7 rings (SSSR count). The summed E-state index contributed by atoms with van der Waals surface area (Å²) in [6.07, 6.45) is 7.41. The van der Waals surface area contributed by atoms with Crippen molar-refractivity contribution in [3.8, 4) is 5.75 Å². The van der Waals surface area contributed by atoms with E-state index in [0.717, 1.165) is 36.8 Å². The summed E-state index contributed by atoms with van der Waals surface area (Å²) >= 11 is 8.22. The van der Waals surface area contributed by atoms with Gasteiger partial charge in [0.1, 0.15) is 39.9 Å². The third-order valence-corrected chi connectivity index (χ3v) is 14.5. The lowest BCUT2D eigenvalue weighted by atomic mass is 9.72. The van der Waals surface area contributed by atoms with Gasteiger partial charge in [0.2, 0.25) is 17.7 Å². The minimum Gasteiger partial charge on any atom is -0.495 e. The van der Waals surface area contributed by atoms with E-state index < -0.39 is 58.5 Å². The molecule has 1 saturated carbocycles. The van der Waals surface area contributed by atoms with Crippen LogP contribution >= 0.6 is 23.4 Å². The van der Waals surface area contributed by atoms with Gasteiger partial charge in [0.25, 0.3) is 0 Å². The number of likely N-dealkylation sites (tertiary alicyclic amines) is 1. The molecule has 1 aromatic rings. The second-order valence-electron chi connectivity index (χ2n) is 18.1. The smallest absolute Gasteiger partial charge is 0.409 e.